The van der Waals surface area contributed by atoms with Gasteiger partial charge in [0.25, 0.3) is 0 Å². The van der Waals surface area contributed by atoms with Gasteiger partial charge in [-0.1, -0.05) is 0 Å². The molecule has 2 heteroatoms. The Kier molecular flexibility index (Phi) is 1.24. The van der Waals surface area contributed by atoms with Crippen molar-refractivity contribution in [2.45, 2.75) is 31.8 Å². The molecule has 0 aromatic heterocycles. The molecular weight excluding hydrogens is 114 g/mol. The van der Waals surface area contributed by atoms with Crippen molar-refractivity contribution in [3.63, 3.8) is 0 Å². The second-order valence-corrected chi connectivity index (χ2v) is 3.24. The fraction of sp³-hybridized carbons (Fsp3) is 1.00. The van der Waals surface area contributed by atoms with Gasteiger partial charge in [0, 0.05) is 5.90 Å². The van der Waals surface area contributed by atoms with Gasteiger partial charge in [0.1, 0.15) is 0 Å². The van der Waals surface area contributed by atoms with Crippen LogP contribution in [-0.2, 0) is 4.84 Å². The third-order valence-electron chi connectivity index (χ3n) is 2.29. The van der Waals surface area contributed by atoms with Crippen LogP contribution < -0.4 is 5.90 Å². The van der Waals surface area contributed by atoms with E-state index in [2.05, 4.69) is 4.84 Å². The minimum Gasteiger partial charge on any atom is -0.260 e. The van der Waals surface area contributed by atoms with Gasteiger partial charge in [0.15, 0.2) is 0 Å². The lowest BCUT2D eigenvalue weighted by atomic mass is 10.1. The smallest absolute Gasteiger partial charge is 0.0884 e. The van der Waals surface area contributed by atoms with E-state index in [9.17, 15) is 0 Å². The van der Waals surface area contributed by atoms with Crippen molar-refractivity contribution in [2.75, 3.05) is 0 Å². The molecule has 0 amide bonds. The average Bonchev–Trinajstić information content (AvgIpc) is 2.61. The van der Waals surface area contributed by atoms with Crippen molar-refractivity contribution in [1.82, 2.24) is 5.90 Å². The summed E-state index contributed by atoms with van der Waals surface area (Å²) >= 11 is 0. The van der Waals surface area contributed by atoms with Crippen molar-refractivity contribution in [1.29, 1.82) is 0 Å². The van der Waals surface area contributed by atoms with E-state index >= 15 is 0 Å². The maximum absolute atomic E-state index is 8.45. The minimum atomic E-state index is 0.199. The van der Waals surface area contributed by atoms with Gasteiger partial charge in [-0.2, -0.15) is 0 Å². The van der Waals surface area contributed by atoms with E-state index < -0.39 is 0 Å². The standard InChI is InChI=1S/C7H11NO/c8-9-7(5-1-2-5)6-3-4-6/h5-7H,1-4H2. The predicted molar refractivity (Wildman–Crippen MR) is 32.5 cm³/mol. The Morgan fingerprint density at radius 1 is 1.11 bits per heavy atom. The van der Waals surface area contributed by atoms with Crippen LogP contribution in [0.25, 0.3) is 0 Å². The van der Waals surface area contributed by atoms with Crippen LogP contribution in [0.4, 0.5) is 0 Å². The monoisotopic (exact) mass is 125 g/mol. The highest BCUT2D eigenvalue weighted by molar-refractivity contribution is 4.92. The van der Waals surface area contributed by atoms with Gasteiger partial charge in [-0.3, -0.25) is 4.84 Å². The summed E-state index contributed by atoms with van der Waals surface area (Å²) in [5, 5.41) is 0. The normalized spacial score (nSPS) is 27.3. The highest BCUT2D eigenvalue weighted by Crippen LogP contribution is 2.45. The largest absolute Gasteiger partial charge is 0.260 e. The first-order valence-electron chi connectivity index (χ1n) is 3.72. The van der Waals surface area contributed by atoms with Crippen molar-refractivity contribution < 1.29 is 4.84 Å². The Morgan fingerprint density at radius 3 is 1.78 bits per heavy atom. The lowest BCUT2D eigenvalue weighted by molar-refractivity contribution is 0.00776. The van der Waals surface area contributed by atoms with E-state index in [0.717, 1.165) is 0 Å². The third-order valence-corrected chi connectivity index (χ3v) is 2.29. The molecular formula is C7H11NO. The van der Waals surface area contributed by atoms with Crippen LogP contribution in [0.1, 0.15) is 25.7 Å². The first-order valence-corrected chi connectivity index (χ1v) is 3.72. The number of hydrogen-bond acceptors (Lipinski definition) is 1. The van der Waals surface area contributed by atoms with Crippen molar-refractivity contribution in [3.8, 4) is 0 Å². The molecule has 0 N–H and O–H groups in total. The molecule has 2 fully saturated rings. The zero-order valence-corrected chi connectivity index (χ0v) is 5.42. The summed E-state index contributed by atoms with van der Waals surface area (Å²) in [5.74, 6) is 9.84. The molecule has 0 saturated heterocycles. The summed E-state index contributed by atoms with van der Waals surface area (Å²) in [6.07, 6.45) is 5.26. The van der Waals surface area contributed by atoms with E-state index in [1.54, 1.807) is 0 Å². The van der Waals surface area contributed by atoms with Crippen LogP contribution in [0.3, 0.4) is 0 Å². The molecule has 0 spiro atoms. The molecule has 2 nitrogen and oxygen atoms in total. The summed E-state index contributed by atoms with van der Waals surface area (Å²) in [6.45, 7) is 0. The lowest BCUT2D eigenvalue weighted by Crippen LogP contribution is -2.16. The average molecular weight is 125 g/mol. The molecule has 0 aliphatic heterocycles. The molecule has 0 aromatic carbocycles. The molecule has 0 aromatic rings. The van der Waals surface area contributed by atoms with Gasteiger partial charge in [-0.25, -0.2) is 0 Å². The zero-order chi connectivity index (χ0) is 6.27. The second-order valence-electron chi connectivity index (χ2n) is 3.24. The van der Waals surface area contributed by atoms with Gasteiger partial charge in [-0.05, 0) is 37.5 Å². The molecule has 2 rings (SSSR count). The predicted octanol–water partition coefficient (Wildman–Crippen LogP) is 1.18. The van der Waals surface area contributed by atoms with E-state index in [1.807, 2.05) is 0 Å². The Labute approximate surface area is 55.3 Å². The molecule has 2 aliphatic carbocycles. The van der Waals surface area contributed by atoms with Crippen LogP contribution >= 0.6 is 0 Å². The molecule has 2 radical (unpaired) electrons. The minimum absolute atomic E-state index is 0.199. The van der Waals surface area contributed by atoms with Crippen molar-refractivity contribution in [3.05, 3.63) is 0 Å². The van der Waals surface area contributed by atoms with E-state index in [1.165, 1.54) is 25.7 Å². The fourth-order valence-corrected chi connectivity index (χ4v) is 1.41. The summed E-state index contributed by atoms with van der Waals surface area (Å²) in [7, 11) is 0. The van der Waals surface area contributed by atoms with Gasteiger partial charge in [0.2, 0.25) is 0 Å². The Hall–Kier alpha value is -0.0800. The third kappa shape index (κ3) is 1.10. The van der Waals surface area contributed by atoms with Gasteiger partial charge < -0.3 is 0 Å². The molecule has 50 valence electrons. The lowest BCUT2D eigenvalue weighted by Gasteiger charge is -2.08. The molecule has 0 atom stereocenters. The van der Waals surface area contributed by atoms with Gasteiger partial charge in [0.05, 0.1) is 6.10 Å². The molecule has 2 aliphatic rings. The highest BCUT2D eigenvalue weighted by Gasteiger charge is 2.42. The van der Waals surface area contributed by atoms with Crippen molar-refractivity contribution in [2.24, 2.45) is 11.8 Å². The fourth-order valence-electron chi connectivity index (χ4n) is 1.41. The number of nitrogens with zero attached hydrogens (tertiary/aromatic N) is 1. The summed E-state index contributed by atoms with van der Waals surface area (Å²) in [6, 6.07) is 0. The zero-order valence-electron chi connectivity index (χ0n) is 5.42. The summed E-state index contributed by atoms with van der Waals surface area (Å²) < 4.78 is 0. The topological polar surface area (TPSA) is 31.5 Å². The number of rotatable bonds is 3. The van der Waals surface area contributed by atoms with Crippen LogP contribution in [-0.4, -0.2) is 6.10 Å². The quantitative estimate of drug-likeness (QED) is 0.521. The SMILES string of the molecule is [N]OC(C1CC1)C1CC1. The molecule has 2 saturated carbocycles. The van der Waals surface area contributed by atoms with Crippen LogP contribution in [0.15, 0.2) is 0 Å². The van der Waals surface area contributed by atoms with E-state index in [0.29, 0.717) is 11.8 Å². The van der Waals surface area contributed by atoms with Crippen LogP contribution in [0.2, 0.25) is 0 Å². The molecule has 9 heavy (non-hydrogen) atoms. The van der Waals surface area contributed by atoms with Crippen LogP contribution in [0, 0.1) is 11.8 Å². The highest BCUT2D eigenvalue weighted by atomic mass is 16.6. The van der Waals surface area contributed by atoms with Crippen molar-refractivity contribution >= 4 is 0 Å². The summed E-state index contributed by atoms with van der Waals surface area (Å²) in [4.78, 5) is 4.40. The molecule has 0 heterocycles. The Balaban J connectivity index is 1.85. The molecule has 0 unspecified atom stereocenters. The van der Waals surface area contributed by atoms with Gasteiger partial charge >= 0.3 is 0 Å². The maximum atomic E-state index is 8.45. The van der Waals surface area contributed by atoms with E-state index in [-0.39, 0.29) is 6.10 Å². The Morgan fingerprint density at radius 2 is 1.56 bits per heavy atom. The van der Waals surface area contributed by atoms with E-state index in [4.69, 9.17) is 5.90 Å². The first kappa shape index (κ1) is 5.69. The van der Waals surface area contributed by atoms with Crippen LogP contribution in [0.5, 0.6) is 0 Å². The first-order chi connectivity index (χ1) is 4.42. The maximum Gasteiger partial charge on any atom is 0.0884 e. The van der Waals surface area contributed by atoms with Gasteiger partial charge in [-0.15, -0.1) is 0 Å². The second kappa shape index (κ2) is 1.96. The molecule has 0 bridgehead atoms. The summed E-state index contributed by atoms with van der Waals surface area (Å²) in [5.41, 5.74) is 0. The number of hydrogen-bond donors (Lipinski definition) is 0. The Bertz CT molecular complexity index is 95.5.